The van der Waals surface area contributed by atoms with E-state index in [1.807, 2.05) is 32.2 Å². The van der Waals surface area contributed by atoms with Gasteiger partial charge in [-0.05, 0) is 18.9 Å². The first-order valence-corrected chi connectivity index (χ1v) is 8.22. The van der Waals surface area contributed by atoms with Crippen molar-refractivity contribution in [1.82, 2.24) is 5.32 Å². The van der Waals surface area contributed by atoms with E-state index < -0.39 is 5.54 Å². The molecule has 0 bridgehead atoms. The van der Waals surface area contributed by atoms with E-state index in [9.17, 15) is 10.1 Å². The van der Waals surface area contributed by atoms with Gasteiger partial charge in [-0.1, -0.05) is 19.9 Å². The second kappa shape index (κ2) is 7.42. The minimum absolute atomic E-state index is 0.0440. The first-order chi connectivity index (χ1) is 10.9. The predicted molar refractivity (Wildman–Crippen MR) is 87.8 cm³/mol. The number of nitrogens with zero attached hydrogens (tertiary/aromatic N) is 2. The molecule has 0 spiro atoms. The van der Waals surface area contributed by atoms with Crippen molar-refractivity contribution >= 4 is 11.7 Å². The first-order valence-electron chi connectivity index (χ1n) is 8.22. The van der Waals surface area contributed by atoms with Gasteiger partial charge < -0.3 is 10.2 Å². The Morgan fingerprint density at radius 1 is 1.48 bits per heavy atom. The molecule has 23 heavy (non-hydrogen) atoms. The Hall–Kier alpha value is -2.13. The molecule has 2 heterocycles. The van der Waals surface area contributed by atoms with Crippen LogP contribution in [0.5, 0.6) is 0 Å². The maximum absolute atomic E-state index is 12.2. The van der Waals surface area contributed by atoms with Gasteiger partial charge in [-0.3, -0.25) is 9.69 Å². The molecule has 6 nitrogen and oxygen atoms in total. The summed E-state index contributed by atoms with van der Waals surface area (Å²) in [6.07, 6.45) is 1.93. The zero-order valence-electron chi connectivity index (χ0n) is 14.2. The highest BCUT2D eigenvalue weighted by Gasteiger charge is 2.32. The topological polar surface area (TPSA) is 74.7 Å². The van der Waals surface area contributed by atoms with Gasteiger partial charge in [0.25, 0.3) is 11.7 Å². The molecule has 0 aliphatic carbocycles. The fourth-order valence-electron chi connectivity index (χ4n) is 2.68. The summed E-state index contributed by atoms with van der Waals surface area (Å²) >= 11 is 0. The summed E-state index contributed by atoms with van der Waals surface area (Å²) in [6, 6.07) is 8.28. The van der Waals surface area contributed by atoms with Crippen LogP contribution in [0.4, 0.5) is 5.82 Å². The van der Waals surface area contributed by atoms with Crippen molar-refractivity contribution in [3.05, 3.63) is 24.4 Å². The summed E-state index contributed by atoms with van der Waals surface area (Å²) in [5, 5.41) is 12.2. The molecule has 1 amide bonds. The Bertz CT molecular complexity index is 560. The lowest BCUT2D eigenvalue weighted by molar-refractivity contribution is -0.892. The van der Waals surface area contributed by atoms with Gasteiger partial charge >= 0.3 is 0 Å². The maximum Gasteiger partial charge on any atom is 0.276 e. The minimum atomic E-state index is -0.794. The van der Waals surface area contributed by atoms with Gasteiger partial charge in [0.05, 0.1) is 12.3 Å². The molecule has 1 aliphatic heterocycles. The van der Waals surface area contributed by atoms with Gasteiger partial charge in [-0.2, -0.15) is 5.26 Å². The van der Waals surface area contributed by atoms with E-state index in [0.717, 1.165) is 32.0 Å². The summed E-state index contributed by atoms with van der Waals surface area (Å²) in [5.74, 6) is 1.15. The third-order valence-corrected chi connectivity index (χ3v) is 4.70. The molecule has 1 fully saturated rings. The molecule has 0 radical (unpaired) electrons. The zero-order valence-corrected chi connectivity index (χ0v) is 14.2. The van der Waals surface area contributed by atoms with Crippen molar-refractivity contribution in [2.75, 3.05) is 37.6 Å². The number of hydrogen-bond acceptors (Lipinski definition) is 3. The molecule has 1 aliphatic rings. The third kappa shape index (κ3) is 4.42. The summed E-state index contributed by atoms with van der Waals surface area (Å²) in [6.45, 7) is 9.79. The van der Waals surface area contributed by atoms with E-state index >= 15 is 0 Å². The van der Waals surface area contributed by atoms with Crippen LogP contribution in [0, 0.1) is 17.2 Å². The van der Waals surface area contributed by atoms with Gasteiger partial charge in [0, 0.05) is 6.07 Å². The standard InChI is InChI=1S/C17H25N5O/c1-14(2)17(3,13-18)20-16(23)12-21-8-10-22(11-9-21)15-6-4-5-7-19-15/h4-7,14H,8-12H2,1-3H3,(H,20,23)/p+2/t17-/m0/s1. The highest BCUT2D eigenvalue weighted by atomic mass is 16.2. The highest BCUT2D eigenvalue weighted by molar-refractivity contribution is 5.78. The molecule has 1 atom stereocenters. The maximum atomic E-state index is 12.2. The number of nitrogens with one attached hydrogen (secondary N) is 3. The van der Waals surface area contributed by atoms with Crippen LogP contribution in [0.3, 0.4) is 0 Å². The molecule has 1 aromatic heterocycles. The van der Waals surface area contributed by atoms with Gasteiger partial charge in [0.15, 0.2) is 6.54 Å². The number of anilines is 1. The second-order valence-electron chi connectivity index (χ2n) is 6.68. The lowest BCUT2D eigenvalue weighted by Gasteiger charge is -2.30. The molecule has 0 saturated carbocycles. The number of quaternary nitrogens is 1. The monoisotopic (exact) mass is 317 g/mol. The van der Waals surface area contributed by atoms with Crippen molar-refractivity contribution in [2.45, 2.75) is 26.3 Å². The van der Waals surface area contributed by atoms with Crippen molar-refractivity contribution in [3.8, 4) is 6.07 Å². The number of aromatic nitrogens is 1. The number of H-pyrrole nitrogens is 1. The molecule has 6 heteroatoms. The number of aromatic amines is 1. The quantitative estimate of drug-likeness (QED) is 0.751. The highest BCUT2D eigenvalue weighted by Crippen LogP contribution is 2.14. The van der Waals surface area contributed by atoms with Gasteiger partial charge in [0.2, 0.25) is 0 Å². The van der Waals surface area contributed by atoms with Crippen LogP contribution < -0.4 is 20.1 Å². The van der Waals surface area contributed by atoms with E-state index in [2.05, 4.69) is 27.3 Å². The number of rotatable bonds is 5. The third-order valence-electron chi connectivity index (χ3n) is 4.70. The number of hydrogen-bond donors (Lipinski definition) is 2. The van der Waals surface area contributed by atoms with Crippen LogP contribution in [0.25, 0.3) is 0 Å². The Balaban J connectivity index is 1.82. The molecular formula is C17H27N5O+2. The average Bonchev–Trinajstić information content (AvgIpc) is 2.56. The van der Waals surface area contributed by atoms with Gasteiger partial charge in [0.1, 0.15) is 31.7 Å². The smallest absolute Gasteiger partial charge is 0.276 e. The zero-order chi connectivity index (χ0) is 16.9. The van der Waals surface area contributed by atoms with Crippen LogP contribution in [0.15, 0.2) is 24.4 Å². The fraction of sp³-hybridized carbons (Fsp3) is 0.588. The van der Waals surface area contributed by atoms with E-state index in [1.165, 1.54) is 4.90 Å². The van der Waals surface area contributed by atoms with Gasteiger partial charge in [-0.25, -0.2) is 4.98 Å². The lowest BCUT2D eigenvalue weighted by atomic mass is 9.90. The van der Waals surface area contributed by atoms with E-state index in [-0.39, 0.29) is 11.8 Å². The van der Waals surface area contributed by atoms with Crippen molar-refractivity contribution < 1.29 is 14.7 Å². The minimum Gasteiger partial charge on any atom is -0.333 e. The van der Waals surface area contributed by atoms with Gasteiger partial charge in [-0.15, -0.1) is 0 Å². The van der Waals surface area contributed by atoms with Crippen molar-refractivity contribution in [2.24, 2.45) is 5.92 Å². The van der Waals surface area contributed by atoms with Crippen LogP contribution in [-0.2, 0) is 4.79 Å². The predicted octanol–water partition coefficient (Wildman–Crippen LogP) is -0.740. The number of pyridine rings is 1. The van der Waals surface area contributed by atoms with Crippen LogP contribution in [0.1, 0.15) is 20.8 Å². The molecule has 1 aromatic rings. The fourth-order valence-corrected chi connectivity index (χ4v) is 2.68. The number of nitriles is 1. The molecule has 3 N–H and O–H groups in total. The van der Waals surface area contributed by atoms with Crippen LogP contribution in [0.2, 0.25) is 0 Å². The number of carbonyl (C=O) groups excluding carboxylic acids is 1. The Kier molecular flexibility index (Phi) is 5.56. The summed E-state index contributed by atoms with van der Waals surface area (Å²) < 4.78 is 0. The largest absolute Gasteiger partial charge is 0.333 e. The Labute approximate surface area is 138 Å². The van der Waals surface area contributed by atoms with Crippen LogP contribution in [-0.4, -0.2) is 44.2 Å². The second-order valence-corrected chi connectivity index (χ2v) is 6.68. The van der Waals surface area contributed by atoms with Crippen molar-refractivity contribution in [3.63, 3.8) is 0 Å². The number of amides is 1. The van der Waals surface area contributed by atoms with Crippen molar-refractivity contribution in [1.29, 1.82) is 5.26 Å². The first kappa shape index (κ1) is 17.2. The van der Waals surface area contributed by atoms with Crippen LogP contribution >= 0.6 is 0 Å². The van der Waals surface area contributed by atoms with E-state index in [1.54, 1.807) is 6.92 Å². The Morgan fingerprint density at radius 2 is 2.17 bits per heavy atom. The molecule has 124 valence electrons. The number of piperazine rings is 1. The average molecular weight is 317 g/mol. The normalized spacial score (nSPS) is 18.3. The molecule has 0 unspecified atom stereocenters. The SMILES string of the molecule is CC(C)[C@](C)(C#N)NC(=O)C[NH+]1CCN(c2cccc[nH+]2)CC1. The molecule has 2 rings (SSSR count). The molecule has 1 saturated heterocycles. The Morgan fingerprint density at radius 3 is 2.70 bits per heavy atom. The summed E-state index contributed by atoms with van der Waals surface area (Å²) in [4.78, 5) is 19.0. The summed E-state index contributed by atoms with van der Waals surface area (Å²) in [7, 11) is 0. The lowest BCUT2D eigenvalue weighted by Crippen LogP contribution is -3.16. The van der Waals surface area contributed by atoms with E-state index in [0.29, 0.717) is 6.54 Å². The number of carbonyl (C=O) groups is 1. The molecule has 0 aromatic carbocycles. The summed E-state index contributed by atoms with van der Waals surface area (Å²) in [5.41, 5.74) is -0.794. The molecular weight excluding hydrogens is 290 g/mol. The van der Waals surface area contributed by atoms with E-state index in [4.69, 9.17) is 0 Å².